The number of allylic oxidation sites excluding steroid dienone is 2. The maximum atomic E-state index is 12.8. The lowest BCUT2D eigenvalue weighted by Crippen LogP contribution is -2.51. The van der Waals surface area contributed by atoms with Crippen molar-refractivity contribution in [2.75, 3.05) is 19.8 Å². The SMILES string of the molecule is O=S(=O)(C(C(CO)COCC1CC2C=CC1C2)S(=O)(=O)C(F)(F)F)C(F)(F)F. The zero-order valence-corrected chi connectivity index (χ0v) is 15.8. The molecule has 1 N–H and O–H groups in total. The average Bonchev–Trinajstić information content (AvgIpc) is 3.13. The summed E-state index contributed by atoms with van der Waals surface area (Å²) in [6.07, 6.45) is 5.43. The van der Waals surface area contributed by atoms with E-state index < -0.39 is 54.4 Å². The quantitative estimate of drug-likeness (QED) is 0.440. The number of rotatable bonds is 8. The van der Waals surface area contributed by atoms with Gasteiger partial charge in [-0.2, -0.15) is 26.3 Å². The fourth-order valence-electron chi connectivity index (χ4n) is 3.61. The number of hydrogen-bond donors (Lipinski definition) is 1. The Bertz CT molecular complexity index is 757. The van der Waals surface area contributed by atoms with Gasteiger partial charge in [0.15, 0.2) is 4.58 Å². The summed E-state index contributed by atoms with van der Waals surface area (Å²) < 4.78 is 124. The molecule has 0 aliphatic heterocycles. The Kier molecular flexibility index (Phi) is 6.49. The predicted molar refractivity (Wildman–Crippen MR) is 84.0 cm³/mol. The highest BCUT2D eigenvalue weighted by molar-refractivity contribution is 8.09. The van der Waals surface area contributed by atoms with E-state index in [0.29, 0.717) is 12.3 Å². The molecule has 0 aromatic carbocycles. The molecule has 4 unspecified atom stereocenters. The van der Waals surface area contributed by atoms with Gasteiger partial charge in [0.05, 0.1) is 13.2 Å². The second kappa shape index (κ2) is 7.76. The van der Waals surface area contributed by atoms with E-state index in [2.05, 4.69) is 0 Å². The first kappa shape index (κ1) is 23.4. The van der Waals surface area contributed by atoms with Gasteiger partial charge >= 0.3 is 11.0 Å². The van der Waals surface area contributed by atoms with Crippen molar-refractivity contribution < 1.29 is 53.0 Å². The minimum absolute atomic E-state index is 0.0637. The van der Waals surface area contributed by atoms with Crippen LogP contribution >= 0.6 is 0 Å². The van der Waals surface area contributed by atoms with Crippen LogP contribution in [0.5, 0.6) is 0 Å². The van der Waals surface area contributed by atoms with E-state index in [4.69, 9.17) is 4.74 Å². The molecular formula is C14H18F6O6S2. The van der Waals surface area contributed by atoms with Crippen molar-refractivity contribution in [2.24, 2.45) is 23.7 Å². The summed E-state index contributed by atoms with van der Waals surface area (Å²) in [5, 5.41) is 9.20. The number of halogens is 6. The lowest BCUT2D eigenvalue weighted by atomic mass is 9.95. The summed E-state index contributed by atoms with van der Waals surface area (Å²) in [6, 6.07) is 0. The summed E-state index contributed by atoms with van der Waals surface area (Å²) in [5.74, 6) is -2.10. The van der Waals surface area contributed by atoms with Gasteiger partial charge in [-0.1, -0.05) is 12.2 Å². The monoisotopic (exact) mass is 460 g/mol. The van der Waals surface area contributed by atoms with Crippen molar-refractivity contribution in [3.05, 3.63) is 12.2 Å². The van der Waals surface area contributed by atoms with Gasteiger partial charge in [-0.05, 0) is 30.6 Å². The molecular weight excluding hydrogens is 442 g/mol. The van der Waals surface area contributed by atoms with Crippen molar-refractivity contribution in [3.63, 3.8) is 0 Å². The van der Waals surface area contributed by atoms with E-state index in [1.54, 1.807) is 0 Å². The van der Waals surface area contributed by atoms with Crippen LogP contribution in [-0.2, 0) is 24.4 Å². The van der Waals surface area contributed by atoms with Crippen LogP contribution < -0.4 is 0 Å². The van der Waals surface area contributed by atoms with Gasteiger partial charge in [-0.15, -0.1) is 0 Å². The number of hydrogen-bond acceptors (Lipinski definition) is 6. The summed E-state index contributed by atoms with van der Waals surface area (Å²) in [6.45, 7) is -2.76. The Hall–Kier alpha value is -0.860. The lowest BCUT2D eigenvalue weighted by molar-refractivity contribution is -0.0492. The predicted octanol–water partition coefficient (Wildman–Crippen LogP) is 2.02. The van der Waals surface area contributed by atoms with Crippen LogP contribution in [0.1, 0.15) is 12.8 Å². The van der Waals surface area contributed by atoms with E-state index in [-0.39, 0.29) is 18.4 Å². The summed E-state index contributed by atoms with van der Waals surface area (Å²) >= 11 is 0. The van der Waals surface area contributed by atoms with Gasteiger partial charge in [-0.25, -0.2) is 16.8 Å². The van der Waals surface area contributed by atoms with Crippen LogP contribution in [0.3, 0.4) is 0 Å². The molecule has 6 nitrogen and oxygen atoms in total. The summed E-state index contributed by atoms with van der Waals surface area (Å²) in [4.78, 5) is 0. The average molecular weight is 460 g/mol. The van der Waals surface area contributed by atoms with Crippen LogP contribution in [0, 0.1) is 23.7 Å². The molecule has 2 aliphatic rings. The standard InChI is InChI=1S/C14H18F6O6S2/c15-13(16,17)27(22,23)12(28(24,25)14(18,19)20)11(5-21)7-26-6-10-4-8-1-2-9(10)3-8/h1-2,8-12,21H,3-7H2. The van der Waals surface area contributed by atoms with Crippen LogP contribution in [0.2, 0.25) is 0 Å². The molecule has 0 spiro atoms. The van der Waals surface area contributed by atoms with Crippen molar-refractivity contribution >= 4 is 19.7 Å². The first-order chi connectivity index (χ1) is 12.6. The third-order valence-electron chi connectivity index (χ3n) is 4.96. The number of alkyl halides is 6. The number of aliphatic hydroxyl groups excluding tert-OH is 1. The molecule has 0 heterocycles. The first-order valence-corrected chi connectivity index (χ1v) is 11.2. The van der Waals surface area contributed by atoms with E-state index >= 15 is 0 Å². The molecule has 1 saturated carbocycles. The highest BCUT2D eigenvalue weighted by Crippen LogP contribution is 2.44. The molecule has 4 atom stereocenters. The van der Waals surface area contributed by atoms with Gasteiger partial charge in [0, 0.05) is 12.5 Å². The second-order valence-electron chi connectivity index (χ2n) is 6.87. The van der Waals surface area contributed by atoms with E-state index in [0.717, 1.165) is 6.42 Å². The molecule has 0 radical (unpaired) electrons. The largest absolute Gasteiger partial charge is 0.498 e. The van der Waals surface area contributed by atoms with Crippen LogP contribution in [-0.4, -0.2) is 57.4 Å². The van der Waals surface area contributed by atoms with Gasteiger partial charge in [0.25, 0.3) is 19.7 Å². The van der Waals surface area contributed by atoms with E-state index in [1.165, 1.54) is 0 Å². The fourth-order valence-corrected chi connectivity index (χ4v) is 7.47. The molecule has 2 bridgehead atoms. The van der Waals surface area contributed by atoms with Gasteiger partial charge in [-0.3, -0.25) is 0 Å². The van der Waals surface area contributed by atoms with Crippen molar-refractivity contribution in [2.45, 2.75) is 28.4 Å². The molecule has 2 rings (SSSR count). The Morgan fingerprint density at radius 2 is 1.50 bits per heavy atom. The van der Waals surface area contributed by atoms with Crippen molar-refractivity contribution in [1.82, 2.24) is 0 Å². The molecule has 28 heavy (non-hydrogen) atoms. The molecule has 2 aliphatic carbocycles. The second-order valence-corrected chi connectivity index (χ2v) is 11.3. The fraction of sp³-hybridized carbons (Fsp3) is 0.857. The van der Waals surface area contributed by atoms with Gasteiger partial charge in [0.1, 0.15) is 0 Å². The Labute approximate surface area is 157 Å². The van der Waals surface area contributed by atoms with Gasteiger partial charge < -0.3 is 9.84 Å². The normalized spacial score (nSPS) is 26.9. The Balaban J connectivity index is 2.23. The first-order valence-electron chi connectivity index (χ1n) is 8.10. The molecule has 14 heteroatoms. The smallest absolute Gasteiger partial charge is 0.396 e. The van der Waals surface area contributed by atoms with Crippen molar-refractivity contribution in [3.8, 4) is 0 Å². The zero-order valence-electron chi connectivity index (χ0n) is 14.1. The maximum Gasteiger partial charge on any atom is 0.498 e. The Morgan fingerprint density at radius 1 is 0.964 bits per heavy atom. The van der Waals surface area contributed by atoms with Crippen LogP contribution in [0.15, 0.2) is 12.2 Å². The number of ether oxygens (including phenoxy) is 1. The van der Waals surface area contributed by atoms with E-state index in [1.807, 2.05) is 12.2 Å². The van der Waals surface area contributed by atoms with Crippen molar-refractivity contribution in [1.29, 1.82) is 0 Å². The van der Waals surface area contributed by atoms with Gasteiger partial charge in [0.2, 0.25) is 0 Å². The van der Waals surface area contributed by atoms with Crippen LogP contribution in [0.25, 0.3) is 0 Å². The molecule has 0 aromatic heterocycles. The zero-order chi connectivity index (χ0) is 21.5. The number of sulfone groups is 2. The summed E-state index contributed by atoms with van der Waals surface area (Å²) in [5.41, 5.74) is -12.5. The molecule has 1 fully saturated rings. The summed E-state index contributed by atoms with van der Waals surface area (Å²) in [7, 11) is -13.6. The molecule has 0 saturated heterocycles. The minimum Gasteiger partial charge on any atom is -0.396 e. The molecule has 164 valence electrons. The maximum absolute atomic E-state index is 12.8. The van der Waals surface area contributed by atoms with E-state index in [9.17, 15) is 48.3 Å². The minimum atomic E-state index is -6.81. The number of fused-ring (bicyclic) bond motifs is 2. The van der Waals surface area contributed by atoms with Crippen LogP contribution in [0.4, 0.5) is 26.3 Å². The highest BCUT2D eigenvalue weighted by atomic mass is 32.3. The Morgan fingerprint density at radius 3 is 1.86 bits per heavy atom. The third-order valence-corrected chi connectivity index (χ3v) is 9.76. The lowest BCUT2D eigenvalue weighted by Gasteiger charge is -2.27. The molecule has 0 amide bonds. The molecule has 0 aromatic rings. The third kappa shape index (κ3) is 4.33. The highest BCUT2D eigenvalue weighted by Gasteiger charge is 2.65. The topological polar surface area (TPSA) is 97.7 Å². The number of aliphatic hydroxyl groups is 1.